The van der Waals surface area contributed by atoms with Crippen LogP contribution in [0.1, 0.15) is 33.6 Å². The zero-order valence-corrected chi connectivity index (χ0v) is 13.0. The van der Waals surface area contributed by atoms with Gasteiger partial charge in [0.25, 0.3) is 11.8 Å². The van der Waals surface area contributed by atoms with E-state index in [1.165, 1.54) is 0 Å². The van der Waals surface area contributed by atoms with Crippen LogP contribution in [0.25, 0.3) is 0 Å². The lowest BCUT2D eigenvalue weighted by atomic mass is 10.1. The van der Waals surface area contributed by atoms with Crippen LogP contribution in [0.5, 0.6) is 0 Å². The monoisotopic (exact) mass is 351 g/mol. The van der Waals surface area contributed by atoms with Crippen LogP contribution in [-0.4, -0.2) is 39.9 Å². The standard InChI is InChI=1S/C14H13ClF3NO2S/c15-9(8-22-14(16,17)18)4-3-7-19-12(20)10-5-1-2-6-11(10)13(19)21/h1-2,5-6,9H,3-4,7-8H2. The lowest BCUT2D eigenvalue weighted by Crippen LogP contribution is -2.31. The van der Waals surface area contributed by atoms with Crippen LogP contribution in [0.15, 0.2) is 24.3 Å². The lowest BCUT2D eigenvalue weighted by molar-refractivity contribution is -0.0328. The second kappa shape index (κ2) is 6.91. The fourth-order valence-corrected chi connectivity index (χ4v) is 3.06. The van der Waals surface area contributed by atoms with Crippen molar-refractivity contribution in [2.75, 3.05) is 12.3 Å². The molecule has 0 aromatic heterocycles. The number of carbonyl (C=O) groups excluding carboxylic acids is 2. The molecule has 0 spiro atoms. The summed E-state index contributed by atoms with van der Waals surface area (Å²) in [5, 5.41) is -0.651. The van der Waals surface area contributed by atoms with Gasteiger partial charge in [-0.2, -0.15) is 13.2 Å². The van der Waals surface area contributed by atoms with Gasteiger partial charge in [0.15, 0.2) is 0 Å². The van der Waals surface area contributed by atoms with Gasteiger partial charge in [-0.3, -0.25) is 14.5 Å². The summed E-state index contributed by atoms with van der Waals surface area (Å²) in [5.74, 6) is -0.972. The molecule has 2 rings (SSSR count). The van der Waals surface area contributed by atoms with Crippen molar-refractivity contribution in [3.8, 4) is 0 Å². The van der Waals surface area contributed by atoms with E-state index in [9.17, 15) is 22.8 Å². The number of imide groups is 1. The maximum absolute atomic E-state index is 12.1. The fourth-order valence-electron chi connectivity index (χ4n) is 2.18. The molecule has 8 heteroatoms. The van der Waals surface area contributed by atoms with Gasteiger partial charge in [-0.15, -0.1) is 11.6 Å². The molecule has 0 saturated carbocycles. The SMILES string of the molecule is O=C1c2ccccc2C(=O)N1CCCC(Cl)CSC(F)(F)F. The zero-order chi connectivity index (χ0) is 16.3. The highest BCUT2D eigenvalue weighted by molar-refractivity contribution is 8.00. The minimum Gasteiger partial charge on any atom is -0.274 e. The minimum atomic E-state index is -4.30. The van der Waals surface area contributed by atoms with Crippen molar-refractivity contribution in [3.05, 3.63) is 35.4 Å². The summed E-state index contributed by atoms with van der Waals surface area (Å²) < 4.78 is 36.1. The highest BCUT2D eigenvalue weighted by Gasteiger charge is 2.34. The number of fused-ring (bicyclic) bond motifs is 1. The van der Waals surface area contributed by atoms with Gasteiger partial charge in [-0.1, -0.05) is 12.1 Å². The molecular formula is C14H13ClF3NO2S. The zero-order valence-electron chi connectivity index (χ0n) is 11.4. The van der Waals surface area contributed by atoms with Crippen molar-refractivity contribution < 1.29 is 22.8 Å². The van der Waals surface area contributed by atoms with Gasteiger partial charge >= 0.3 is 5.51 Å². The molecule has 1 unspecified atom stereocenters. The summed E-state index contributed by atoms with van der Waals surface area (Å²) in [6.07, 6.45) is 0.677. The van der Waals surface area contributed by atoms with Crippen LogP contribution in [0, 0.1) is 0 Å². The second-order valence-corrected chi connectivity index (χ2v) is 6.51. The van der Waals surface area contributed by atoms with Gasteiger partial charge in [-0.25, -0.2) is 0 Å². The number of rotatable bonds is 6. The molecule has 1 aromatic carbocycles. The first-order valence-corrected chi connectivity index (χ1v) is 8.02. The molecule has 0 aliphatic carbocycles. The summed E-state index contributed by atoms with van der Waals surface area (Å²) in [6, 6.07) is 6.52. The molecule has 1 aliphatic heterocycles. The molecule has 0 radical (unpaired) electrons. The van der Waals surface area contributed by atoms with Crippen LogP contribution >= 0.6 is 23.4 Å². The number of halogens is 4. The van der Waals surface area contributed by atoms with Crippen molar-refractivity contribution in [1.82, 2.24) is 4.90 Å². The van der Waals surface area contributed by atoms with E-state index in [4.69, 9.17) is 11.6 Å². The van der Waals surface area contributed by atoms with E-state index in [1.54, 1.807) is 24.3 Å². The topological polar surface area (TPSA) is 37.4 Å². The van der Waals surface area contributed by atoms with E-state index in [1.807, 2.05) is 0 Å². The van der Waals surface area contributed by atoms with E-state index < -0.39 is 10.9 Å². The number of hydrogen-bond acceptors (Lipinski definition) is 3. The minimum absolute atomic E-state index is 0.159. The predicted molar refractivity (Wildman–Crippen MR) is 79.2 cm³/mol. The quantitative estimate of drug-likeness (QED) is 0.576. The highest BCUT2D eigenvalue weighted by Crippen LogP contribution is 2.32. The molecule has 1 aliphatic rings. The Labute approximate surface area is 134 Å². The molecular weight excluding hydrogens is 339 g/mol. The summed E-state index contributed by atoms with van der Waals surface area (Å²) in [5.41, 5.74) is -3.57. The summed E-state index contributed by atoms with van der Waals surface area (Å²) in [7, 11) is 0. The smallest absolute Gasteiger partial charge is 0.274 e. The highest BCUT2D eigenvalue weighted by atomic mass is 35.5. The van der Waals surface area contributed by atoms with Crippen LogP contribution in [-0.2, 0) is 0 Å². The van der Waals surface area contributed by atoms with Crippen LogP contribution in [0.4, 0.5) is 13.2 Å². The van der Waals surface area contributed by atoms with E-state index in [-0.39, 0.29) is 35.9 Å². The van der Waals surface area contributed by atoms with Gasteiger partial charge in [0, 0.05) is 17.7 Å². The summed E-state index contributed by atoms with van der Waals surface area (Å²) >= 11 is 5.66. The Kier molecular flexibility index (Phi) is 5.39. The van der Waals surface area contributed by atoms with Crippen molar-refractivity contribution in [2.24, 2.45) is 0 Å². The normalized spacial score (nSPS) is 16.1. The van der Waals surface area contributed by atoms with Gasteiger partial charge in [0.05, 0.1) is 11.1 Å². The van der Waals surface area contributed by atoms with Crippen molar-refractivity contribution in [1.29, 1.82) is 0 Å². The first kappa shape index (κ1) is 17.1. The Morgan fingerprint density at radius 2 is 1.68 bits per heavy atom. The second-order valence-electron chi connectivity index (χ2n) is 4.80. The molecule has 0 bridgehead atoms. The number of alkyl halides is 4. The third kappa shape index (κ3) is 4.16. The van der Waals surface area contributed by atoms with Crippen LogP contribution in [0.2, 0.25) is 0 Å². The Balaban J connectivity index is 1.81. The Morgan fingerprint density at radius 3 is 2.18 bits per heavy atom. The molecule has 0 fully saturated rings. The molecule has 120 valence electrons. The maximum atomic E-state index is 12.1. The number of nitrogens with zero attached hydrogens (tertiary/aromatic N) is 1. The molecule has 1 heterocycles. The van der Waals surface area contributed by atoms with E-state index in [0.29, 0.717) is 24.0 Å². The van der Waals surface area contributed by atoms with Gasteiger partial charge in [0.1, 0.15) is 0 Å². The maximum Gasteiger partial charge on any atom is 0.441 e. The van der Waals surface area contributed by atoms with E-state index >= 15 is 0 Å². The van der Waals surface area contributed by atoms with Crippen molar-refractivity contribution in [2.45, 2.75) is 23.7 Å². The predicted octanol–water partition coefficient (Wildman–Crippen LogP) is 3.92. The molecule has 0 saturated heterocycles. The van der Waals surface area contributed by atoms with E-state index in [0.717, 1.165) is 4.90 Å². The largest absolute Gasteiger partial charge is 0.441 e. The molecule has 2 amide bonds. The number of benzene rings is 1. The summed E-state index contributed by atoms with van der Waals surface area (Å²) in [6.45, 7) is 0.159. The first-order chi connectivity index (χ1) is 10.3. The lowest BCUT2D eigenvalue weighted by Gasteiger charge is -2.15. The van der Waals surface area contributed by atoms with Crippen molar-refractivity contribution in [3.63, 3.8) is 0 Å². The number of amides is 2. The number of thioether (sulfide) groups is 1. The first-order valence-electron chi connectivity index (χ1n) is 6.59. The van der Waals surface area contributed by atoms with Crippen molar-refractivity contribution >= 4 is 35.2 Å². The third-order valence-corrected chi connectivity index (χ3v) is 4.66. The summed E-state index contributed by atoms with van der Waals surface area (Å²) in [4.78, 5) is 25.2. The number of carbonyl (C=O) groups is 2. The Bertz CT molecular complexity index is 544. The fraction of sp³-hybridized carbons (Fsp3) is 0.429. The third-order valence-electron chi connectivity index (χ3n) is 3.21. The Hall–Kier alpha value is -1.21. The average molecular weight is 352 g/mol. The van der Waals surface area contributed by atoms with Gasteiger partial charge in [0.2, 0.25) is 0 Å². The molecule has 0 N–H and O–H groups in total. The van der Waals surface area contributed by atoms with E-state index in [2.05, 4.69) is 0 Å². The molecule has 3 nitrogen and oxygen atoms in total. The van der Waals surface area contributed by atoms with Crippen LogP contribution < -0.4 is 0 Å². The average Bonchev–Trinajstić information content (AvgIpc) is 2.70. The van der Waals surface area contributed by atoms with Gasteiger partial charge < -0.3 is 0 Å². The molecule has 1 atom stereocenters. The van der Waals surface area contributed by atoms with Gasteiger partial charge in [-0.05, 0) is 36.7 Å². The molecule has 1 aromatic rings. The molecule has 22 heavy (non-hydrogen) atoms. The number of hydrogen-bond donors (Lipinski definition) is 0. The Morgan fingerprint density at radius 1 is 1.14 bits per heavy atom. The van der Waals surface area contributed by atoms with Crippen LogP contribution in [0.3, 0.4) is 0 Å².